The van der Waals surface area contributed by atoms with E-state index in [1.807, 2.05) is 24.3 Å². The van der Waals surface area contributed by atoms with Crippen LogP contribution in [-0.4, -0.2) is 16.6 Å². The summed E-state index contributed by atoms with van der Waals surface area (Å²) in [7, 11) is 0. The minimum absolute atomic E-state index is 0.0355. The Morgan fingerprint density at radius 1 is 1.41 bits per heavy atom. The summed E-state index contributed by atoms with van der Waals surface area (Å²) in [6.45, 7) is 3.62. The maximum Gasteiger partial charge on any atom is 0.129 e. The first-order valence-corrected chi connectivity index (χ1v) is 5.66. The highest BCUT2D eigenvalue weighted by atomic mass is 16.3. The number of pyridine rings is 1. The van der Waals surface area contributed by atoms with Gasteiger partial charge < -0.3 is 14.4 Å². The van der Waals surface area contributed by atoms with Gasteiger partial charge in [-0.3, -0.25) is 0 Å². The lowest BCUT2D eigenvalue weighted by atomic mass is 10.2. The van der Waals surface area contributed by atoms with Crippen LogP contribution in [0.15, 0.2) is 41.1 Å². The lowest BCUT2D eigenvalue weighted by Gasteiger charge is -2.21. The predicted molar refractivity (Wildman–Crippen MR) is 65.6 cm³/mol. The summed E-state index contributed by atoms with van der Waals surface area (Å²) >= 11 is 0. The van der Waals surface area contributed by atoms with Gasteiger partial charge in [0.25, 0.3) is 0 Å². The molecule has 0 bridgehead atoms. The van der Waals surface area contributed by atoms with Crippen LogP contribution in [0.4, 0.5) is 5.82 Å². The SMILES string of the molecule is CCN(Cc1ccco1)c1cc(CO)ccn1. The van der Waals surface area contributed by atoms with E-state index in [0.29, 0.717) is 6.54 Å². The normalized spacial score (nSPS) is 10.5. The van der Waals surface area contributed by atoms with Crippen molar-refractivity contribution in [2.24, 2.45) is 0 Å². The van der Waals surface area contributed by atoms with Crippen molar-refractivity contribution < 1.29 is 9.52 Å². The number of nitrogens with zero attached hydrogens (tertiary/aromatic N) is 2. The molecule has 4 heteroatoms. The second kappa shape index (κ2) is 5.50. The molecule has 90 valence electrons. The van der Waals surface area contributed by atoms with E-state index in [2.05, 4.69) is 16.8 Å². The zero-order valence-electron chi connectivity index (χ0n) is 9.84. The molecule has 0 aliphatic heterocycles. The van der Waals surface area contributed by atoms with Crippen LogP contribution in [-0.2, 0) is 13.2 Å². The predicted octanol–water partition coefficient (Wildman–Crippen LogP) is 2.19. The van der Waals surface area contributed by atoms with Crippen molar-refractivity contribution in [3.05, 3.63) is 48.0 Å². The third-order valence-corrected chi connectivity index (χ3v) is 2.63. The molecule has 1 N–H and O–H groups in total. The molecular formula is C13H16N2O2. The summed E-state index contributed by atoms with van der Waals surface area (Å²) in [5, 5.41) is 9.11. The van der Waals surface area contributed by atoms with Crippen LogP contribution in [0.2, 0.25) is 0 Å². The van der Waals surface area contributed by atoms with Gasteiger partial charge in [-0.15, -0.1) is 0 Å². The molecule has 0 unspecified atom stereocenters. The Bertz CT molecular complexity index is 454. The van der Waals surface area contributed by atoms with Gasteiger partial charge in [0.15, 0.2) is 0 Å². The average Bonchev–Trinajstić information content (AvgIpc) is 2.89. The lowest BCUT2D eigenvalue weighted by molar-refractivity contribution is 0.281. The zero-order chi connectivity index (χ0) is 12.1. The van der Waals surface area contributed by atoms with Crippen molar-refractivity contribution in [2.45, 2.75) is 20.1 Å². The Hall–Kier alpha value is -1.81. The van der Waals surface area contributed by atoms with E-state index in [9.17, 15) is 0 Å². The fraction of sp³-hybridized carbons (Fsp3) is 0.308. The largest absolute Gasteiger partial charge is 0.467 e. The smallest absolute Gasteiger partial charge is 0.129 e. The van der Waals surface area contributed by atoms with Crippen molar-refractivity contribution in [3.8, 4) is 0 Å². The Balaban J connectivity index is 2.16. The van der Waals surface area contributed by atoms with E-state index in [1.165, 1.54) is 0 Å². The second-order valence-electron chi connectivity index (χ2n) is 3.77. The summed E-state index contributed by atoms with van der Waals surface area (Å²) in [5.41, 5.74) is 0.868. The molecule has 0 radical (unpaired) electrons. The molecule has 0 saturated heterocycles. The Morgan fingerprint density at radius 2 is 2.29 bits per heavy atom. The van der Waals surface area contributed by atoms with E-state index in [1.54, 1.807) is 12.5 Å². The first-order chi connectivity index (χ1) is 8.33. The summed E-state index contributed by atoms with van der Waals surface area (Å²) in [4.78, 5) is 6.41. The van der Waals surface area contributed by atoms with Crippen LogP contribution < -0.4 is 4.90 Å². The molecule has 4 nitrogen and oxygen atoms in total. The number of furan rings is 1. The summed E-state index contributed by atoms with van der Waals surface area (Å²) < 4.78 is 5.33. The van der Waals surface area contributed by atoms with Crippen molar-refractivity contribution in [1.29, 1.82) is 0 Å². The quantitative estimate of drug-likeness (QED) is 0.858. The van der Waals surface area contributed by atoms with Crippen molar-refractivity contribution in [1.82, 2.24) is 4.98 Å². The molecule has 0 saturated carbocycles. The monoisotopic (exact) mass is 232 g/mol. The first kappa shape index (κ1) is 11.7. The van der Waals surface area contributed by atoms with Crippen LogP contribution in [0.5, 0.6) is 0 Å². The number of rotatable bonds is 5. The van der Waals surface area contributed by atoms with Gasteiger partial charge in [0.1, 0.15) is 11.6 Å². The van der Waals surface area contributed by atoms with Crippen LogP contribution in [0.3, 0.4) is 0 Å². The van der Waals surface area contributed by atoms with Gasteiger partial charge in [0, 0.05) is 12.7 Å². The van der Waals surface area contributed by atoms with Crippen LogP contribution >= 0.6 is 0 Å². The van der Waals surface area contributed by atoms with E-state index in [-0.39, 0.29) is 6.61 Å². The third-order valence-electron chi connectivity index (χ3n) is 2.63. The number of hydrogen-bond donors (Lipinski definition) is 1. The molecular weight excluding hydrogens is 216 g/mol. The van der Waals surface area contributed by atoms with Gasteiger partial charge in [0.05, 0.1) is 19.4 Å². The third kappa shape index (κ3) is 2.85. The molecule has 0 aliphatic carbocycles. The number of hydrogen-bond acceptors (Lipinski definition) is 4. The van der Waals surface area contributed by atoms with E-state index in [4.69, 9.17) is 9.52 Å². The molecule has 0 spiro atoms. The second-order valence-corrected chi connectivity index (χ2v) is 3.77. The minimum Gasteiger partial charge on any atom is -0.467 e. The minimum atomic E-state index is 0.0355. The molecule has 2 rings (SSSR count). The zero-order valence-corrected chi connectivity index (χ0v) is 9.84. The molecule has 0 fully saturated rings. The van der Waals surface area contributed by atoms with Crippen molar-refractivity contribution in [2.75, 3.05) is 11.4 Å². The van der Waals surface area contributed by atoms with Crippen LogP contribution in [0.1, 0.15) is 18.2 Å². The number of aromatic nitrogens is 1. The lowest BCUT2D eigenvalue weighted by Crippen LogP contribution is -2.22. The standard InChI is InChI=1S/C13H16N2O2/c1-2-15(9-12-4-3-7-17-12)13-8-11(10-16)5-6-14-13/h3-8,16H,2,9-10H2,1H3. The summed E-state index contributed by atoms with van der Waals surface area (Å²) in [6.07, 6.45) is 3.38. The molecule has 17 heavy (non-hydrogen) atoms. The van der Waals surface area contributed by atoms with Crippen molar-refractivity contribution in [3.63, 3.8) is 0 Å². The molecule has 0 atom stereocenters. The molecule has 2 aromatic heterocycles. The van der Waals surface area contributed by atoms with Gasteiger partial charge in [0.2, 0.25) is 0 Å². The molecule has 2 heterocycles. The van der Waals surface area contributed by atoms with E-state index in [0.717, 1.165) is 23.7 Å². The average molecular weight is 232 g/mol. The Kier molecular flexibility index (Phi) is 3.77. The van der Waals surface area contributed by atoms with Gasteiger partial charge in [-0.05, 0) is 36.8 Å². The maximum atomic E-state index is 9.11. The molecule has 2 aromatic rings. The number of aliphatic hydroxyl groups excluding tert-OH is 1. The summed E-state index contributed by atoms with van der Waals surface area (Å²) in [6, 6.07) is 7.52. The van der Waals surface area contributed by atoms with Gasteiger partial charge in [-0.25, -0.2) is 4.98 Å². The molecule has 0 aromatic carbocycles. The van der Waals surface area contributed by atoms with Crippen LogP contribution in [0.25, 0.3) is 0 Å². The van der Waals surface area contributed by atoms with Gasteiger partial charge in [-0.2, -0.15) is 0 Å². The number of aliphatic hydroxyl groups is 1. The molecule has 0 aliphatic rings. The fourth-order valence-electron chi connectivity index (χ4n) is 1.68. The topological polar surface area (TPSA) is 49.5 Å². The van der Waals surface area contributed by atoms with Gasteiger partial charge in [-0.1, -0.05) is 0 Å². The maximum absolute atomic E-state index is 9.11. The fourth-order valence-corrected chi connectivity index (χ4v) is 1.68. The highest BCUT2D eigenvalue weighted by Crippen LogP contribution is 2.16. The summed E-state index contributed by atoms with van der Waals surface area (Å²) in [5.74, 6) is 1.76. The highest BCUT2D eigenvalue weighted by molar-refractivity contribution is 5.41. The van der Waals surface area contributed by atoms with E-state index >= 15 is 0 Å². The number of anilines is 1. The van der Waals surface area contributed by atoms with Gasteiger partial charge >= 0.3 is 0 Å². The highest BCUT2D eigenvalue weighted by Gasteiger charge is 2.08. The Morgan fingerprint density at radius 3 is 2.94 bits per heavy atom. The van der Waals surface area contributed by atoms with E-state index < -0.39 is 0 Å². The van der Waals surface area contributed by atoms with Crippen LogP contribution in [0, 0.1) is 0 Å². The first-order valence-electron chi connectivity index (χ1n) is 5.66. The van der Waals surface area contributed by atoms with Crippen molar-refractivity contribution >= 4 is 5.82 Å². The Labute approximate surface area is 101 Å². The molecule has 0 amide bonds.